The van der Waals surface area contributed by atoms with Crippen molar-refractivity contribution in [2.45, 2.75) is 19.4 Å². The van der Waals surface area contributed by atoms with Crippen LogP contribution in [-0.2, 0) is 6.54 Å². The Kier molecular flexibility index (Phi) is 6.07. The maximum Gasteiger partial charge on any atom is 0.267 e. The molecule has 2 heterocycles. The number of nitrogens with one attached hydrogen (secondary N) is 2. The quantitative estimate of drug-likeness (QED) is 0.797. The number of hydrogen-bond acceptors (Lipinski definition) is 4. The molecule has 0 bridgehead atoms. The molecule has 6 heteroatoms. The van der Waals surface area contributed by atoms with Crippen molar-refractivity contribution in [3.05, 3.63) is 64.1 Å². The predicted molar refractivity (Wildman–Crippen MR) is 100 cm³/mol. The van der Waals surface area contributed by atoms with Crippen molar-refractivity contribution in [1.82, 2.24) is 15.2 Å². The number of carbonyl (C=O) groups is 1. The zero-order valence-electron chi connectivity index (χ0n) is 15.0. The third kappa shape index (κ3) is 4.73. The van der Waals surface area contributed by atoms with Crippen LogP contribution in [0.2, 0.25) is 0 Å². The molecule has 1 fully saturated rings. The Bertz CT molecular complexity index is 788. The number of nitrogens with zero attached hydrogens (tertiary/aromatic N) is 1. The normalized spacial score (nSPS) is 17.2. The van der Waals surface area contributed by atoms with Gasteiger partial charge in [0.05, 0.1) is 7.11 Å². The van der Waals surface area contributed by atoms with Gasteiger partial charge in [-0.2, -0.15) is 0 Å². The summed E-state index contributed by atoms with van der Waals surface area (Å²) in [7, 11) is 1.42. The molecule has 138 valence electrons. The maximum absolute atomic E-state index is 12.1. The molecule has 3 rings (SSSR count). The number of aromatic amines is 1. The van der Waals surface area contributed by atoms with Crippen molar-refractivity contribution in [3.8, 4) is 5.75 Å². The van der Waals surface area contributed by atoms with Crippen molar-refractivity contribution < 1.29 is 9.53 Å². The number of amides is 1. The number of methoxy groups -OCH3 is 1. The Balaban J connectivity index is 1.42. The lowest BCUT2D eigenvalue weighted by Crippen LogP contribution is -2.28. The van der Waals surface area contributed by atoms with Crippen molar-refractivity contribution in [1.29, 1.82) is 0 Å². The number of likely N-dealkylation sites (tertiary alicyclic amines) is 1. The molecule has 1 aromatic carbocycles. The summed E-state index contributed by atoms with van der Waals surface area (Å²) >= 11 is 0. The fraction of sp³-hybridized carbons (Fsp3) is 0.400. The van der Waals surface area contributed by atoms with E-state index in [1.807, 2.05) is 6.07 Å². The molecule has 1 aliphatic heterocycles. The molecule has 2 N–H and O–H groups in total. The van der Waals surface area contributed by atoms with Gasteiger partial charge in [0.25, 0.3) is 5.91 Å². The first-order valence-electron chi connectivity index (χ1n) is 8.97. The number of pyridine rings is 1. The van der Waals surface area contributed by atoms with Crippen LogP contribution in [0.5, 0.6) is 5.75 Å². The number of H-pyrrole nitrogens is 1. The van der Waals surface area contributed by atoms with Gasteiger partial charge in [0, 0.05) is 31.9 Å². The smallest absolute Gasteiger partial charge is 0.267 e. The molecule has 1 amide bonds. The Morgan fingerprint density at radius 2 is 2.15 bits per heavy atom. The third-order valence-electron chi connectivity index (χ3n) is 4.80. The van der Waals surface area contributed by atoms with Gasteiger partial charge in [0.1, 0.15) is 5.69 Å². The van der Waals surface area contributed by atoms with Crippen LogP contribution in [0.25, 0.3) is 0 Å². The van der Waals surface area contributed by atoms with Gasteiger partial charge in [-0.1, -0.05) is 30.3 Å². The zero-order chi connectivity index (χ0) is 18.4. The first-order valence-corrected chi connectivity index (χ1v) is 8.97. The van der Waals surface area contributed by atoms with E-state index in [2.05, 4.69) is 39.5 Å². The van der Waals surface area contributed by atoms with Crippen LogP contribution in [0.1, 0.15) is 28.9 Å². The lowest BCUT2D eigenvalue weighted by atomic mass is 10.1. The van der Waals surface area contributed by atoms with Crippen LogP contribution in [0, 0.1) is 5.92 Å². The van der Waals surface area contributed by atoms with E-state index < -0.39 is 0 Å². The van der Waals surface area contributed by atoms with Crippen LogP contribution >= 0.6 is 0 Å². The standard InChI is InChI=1S/C20H25N3O3/c1-26-19-12-22-17(11-18(19)24)20(25)21-9-7-16-8-10-23(14-16)13-15-5-3-2-4-6-15/h2-6,11-12,16H,7-10,13-14H2,1H3,(H,21,25)(H,22,24). The summed E-state index contributed by atoms with van der Waals surface area (Å²) in [6.45, 7) is 3.75. The summed E-state index contributed by atoms with van der Waals surface area (Å²) < 4.78 is 4.90. The number of aromatic nitrogens is 1. The van der Waals surface area contributed by atoms with E-state index in [-0.39, 0.29) is 22.8 Å². The van der Waals surface area contributed by atoms with Crippen LogP contribution in [0.15, 0.2) is 47.4 Å². The summed E-state index contributed by atoms with van der Waals surface area (Å²) in [6.07, 6.45) is 3.51. The molecule has 1 unspecified atom stereocenters. The number of ether oxygens (including phenoxy) is 1. The van der Waals surface area contributed by atoms with E-state index in [0.29, 0.717) is 12.5 Å². The van der Waals surface area contributed by atoms with E-state index in [1.165, 1.54) is 24.9 Å². The maximum atomic E-state index is 12.1. The highest BCUT2D eigenvalue weighted by molar-refractivity contribution is 5.92. The van der Waals surface area contributed by atoms with Gasteiger partial charge in [-0.05, 0) is 30.9 Å². The van der Waals surface area contributed by atoms with Crippen LogP contribution < -0.4 is 15.5 Å². The largest absolute Gasteiger partial charge is 0.491 e. The second-order valence-electron chi connectivity index (χ2n) is 6.70. The van der Waals surface area contributed by atoms with Crippen molar-refractivity contribution in [2.24, 2.45) is 5.92 Å². The Hall–Kier alpha value is -2.60. The van der Waals surface area contributed by atoms with Crippen molar-refractivity contribution in [3.63, 3.8) is 0 Å². The van der Waals surface area contributed by atoms with Crippen LogP contribution in [0.4, 0.5) is 0 Å². The van der Waals surface area contributed by atoms with E-state index in [1.54, 1.807) is 0 Å². The van der Waals surface area contributed by atoms with Gasteiger partial charge in [0.15, 0.2) is 5.75 Å². The van der Waals surface area contributed by atoms with Gasteiger partial charge in [0.2, 0.25) is 5.43 Å². The van der Waals surface area contributed by atoms with Crippen molar-refractivity contribution in [2.75, 3.05) is 26.7 Å². The van der Waals surface area contributed by atoms with E-state index in [0.717, 1.165) is 32.5 Å². The highest BCUT2D eigenvalue weighted by Gasteiger charge is 2.22. The predicted octanol–water partition coefficient (Wildman–Crippen LogP) is 2.03. The number of carbonyl (C=O) groups excluding carboxylic acids is 1. The second-order valence-corrected chi connectivity index (χ2v) is 6.70. The summed E-state index contributed by atoms with van der Waals surface area (Å²) in [5.74, 6) is 0.531. The van der Waals surface area contributed by atoms with E-state index in [4.69, 9.17) is 4.74 Å². The molecule has 6 nitrogen and oxygen atoms in total. The van der Waals surface area contributed by atoms with Gasteiger partial charge in [-0.3, -0.25) is 14.5 Å². The Morgan fingerprint density at radius 3 is 2.88 bits per heavy atom. The van der Waals surface area contributed by atoms with Crippen molar-refractivity contribution >= 4 is 5.91 Å². The number of hydrogen-bond donors (Lipinski definition) is 2. The lowest BCUT2D eigenvalue weighted by Gasteiger charge is -2.16. The molecule has 0 saturated carbocycles. The molecular formula is C20H25N3O3. The topological polar surface area (TPSA) is 74.4 Å². The molecule has 0 aliphatic carbocycles. The number of benzene rings is 1. The molecule has 1 aromatic heterocycles. The molecule has 2 aromatic rings. The average molecular weight is 355 g/mol. The molecule has 0 spiro atoms. The fourth-order valence-corrected chi connectivity index (χ4v) is 3.37. The lowest BCUT2D eigenvalue weighted by molar-refractivity contribution is 0.0946. The minimum atomic E-state index is -0.302. The van der Waals surface area contributed by atoms with Gasteiger partial charge in [-0.25, -0.2) is 0 Å². The third-order valence-corrected chi connectivity index (χ3v) is 4.80. The average Bonchev–Trinajstić information content (AvgIpc) is 3.09. The highest BCUT2D eigenvalue weighted by Crippen LogP contribution is 2.21. The molecular weight excluding hydrogens is 330 g/mol. The summed E-state index contributed by atoms with van der Waals surface area (Å²) in [6, 6.07) is 11.8. The molecule has 1 saturated heterocycles. The molecule has 0 radical (unpaired) electrons. The monoisotopic (exact) mass is 355 g/mol. The summed E-state index contributed by atoms with van der Waals surface area (Å²) in [5, 5.41) is 2.89. The minimum absolute atomic E-state index is 0.200. The van der Waals surface area contributed by atoms with Gasteiger partial charge >= 0.3 is 0 Å². The van der Waals surface area contributed by atoms with Crippen LogP contribution in [0.3, 0.4) is 0 Å². The highest BCUT2D eigenvalue weighted by atomic mass is 16.5. The SMILES string of the molecule is COc1c[nH]c(C(=O)NCCC2CCN(Cc3ccccc3)C2)cc1=O. The summed E-state index contributed by atoms with van der Waals surface area (Å²) in [5.41, 5.74) is 1.29. The van der Waals surface area contributed by atoms with Gasteiger partial charge in [-0.15, -0.1) is 0 Å². The number of rotatable bonds is 7. The molecule has 26 heavy (non-hydrogen) atoms. The second kappa shape index (κ2) is 8.67. The Morgan fingerprint density at radius 1 is 1.35 bits per heavy atom. The first-order chi connectivity index (χ1) is 12.7. The molecule has 1 aliphatic rings. The fourth-order valence-electron chi connectivity index (χ4n) is 3.37. The van der Waals surface area contributed by atoms with Crippen LogP contribution in [-0.4, -0.2) is 42.5 Å². The van der Waals surface area contributed by atoms with E-state index in [9.17, 15) is 9.59 Å². The first kappa shape index (κ1) is 18.2. The summed E-state index contributed by atoms with van der Waals surface area (Å²) in [4.78, 5) is 29.1. The minimum Gasteiger partial charge on any atom is -0.491 e. The Labute approximate surface area is 153 Å². The van der Waals surface area contributed by atoms with Gasteiger partial charge < -0.3 is 15.0 Å². The molecule has 1 atom stereocenters. The zero-order valence-corrected chi connectivity index (χ0v) is 15.0. The van der Waals surface area contributed by atoms with E-state index >= 15 is 0 Å².